The van der Waals surface area contributed by atoms with Crippen LogP contribution in [0.25, 0.3) is 0 Å². The van der Waals surface area contributed by atoms with Crippen LogP contribution < -0.4 is 0 Å². The van der Waals surface area contributed by atoms with Gasteiger partial charge < -0.3 is 22.8 Å². The Morgan fingerprint density at radius 1 is 0.895 bits per heavy atom. The normalized spacial score (nSPS) is 13.8. The van der Waals surface area contributed by atoms with Crippen LogP contribution in [0.3, 0.4) is 0 Å². The molecule has 9 heteroatoms. The van der Waals surface area contributed by atoms with E-state index in [0.29, 0.717) is 25.3 Å². The molecule has 0 unspecified atom stereocenters. The molecule has 0 aromatic rings. The average molecular weight is 330 g/mol. The molecule has 0 saturated carbocycles. The van der Waals surface area contributed by atoms with Gasteiger partial charge in [-0.15, -0.1) is 0 Å². The van der Waals surface area contributed by atoms with Crippen molar-refractivity contribution in [1.82, 2.24) is 0 Å². The second-order valence-corrected chi connectivity index (χ2v) is 16.1. The van der Waals surface area contributed by atoms with Crippen LogP contribution in [-0.4, -0.2) is 49.0 Å². The van der Waals surface area contributed by atoms with Gasteiger partial charge in [0.25, 0.3) is 0 Å². The van der Waals surface area contributed by atoms with Gasteiger partial charge in [-0.05, 0) is 38.3 Å². The molecule has 0 atom stereocenters. The molecule has 0 bridgehead atoms. The van der Waals surface area contributed by atoms with Crippen molar-refractivity contribution < 1.29 is 27.4 Å². The van der Waals surface area contributed by atoms with E-state index in [-0.39, 0.29) is 0 Å². The fourth-order valence-electron chi connectivity index (χ4n) is 1.43. The van der Waals surface area contributed by atoms with Crippen LogP contribution in [0.1, 0.15) is 0 Å². The molecule has 0 saturated heterocycles. The highest BCUT2D eigenvalue weighted by Gasteiger charge is 2.39. The Bertz CT molecular complexity index is 284. The second-order valence-electron chi connectivity index (χ2n) is 5.66. The lowest BCUT2D eigenvalue weighted by Crippen LogP contribution is -2.35. The van der Waals surface area contributed by atoms with E-state index in [4.69, 9.17) is 17.9 Å². The predicted molar refractivity (Wildman–Crippen MR) is 80.3 cm³/mol. The minimum Gasteiger partial charge on any atom is -0.385 e. The van der Waals surface area contributed by atoms with Crippen LogP contribution in [0, 0.1) is 0 Å². The summed E-state index contributed by atoms with van der Waals surface area (Å²) in [5, 5.41) is 0. The van der Waals surface area contributed by atoms with E-state index in [1.807, 2.05) is 26.2 Å². The Morgan fingerprint density at radius 2 is 1.21 bits per heavy atom. The number of hydrogen-bond donors (Lipinski definition) is 1. The van der Waals surface area contributed by atoms with E-state index in [9.17, 15) is 9.46 Å². The molecule has 0 aliphatic rings. The number of hydrogen-bond acceptors (Lipinski definition) is 5. The zero-order valence-corrected chi connectivity index (χ0v) is 15.7. The summed E-state index contributed by atoms with van der Waals surface area (Å²) < 4.78 is 32.8. The summed E-state index contributed by atoms with van der Waals surface area (Å²) in [6, 6.07) is 1.30. The van der Waals surface area contributed by atoms with Crippen molar-refractivity contribution >= 4 is 24.5 Å². The van der Waals surface area contributed by atoms with Crippen molar-refractivity contribution in [3.05, 3.63) is 0 Å². The monoisotopic (exact) mass is 330 g/mol. The Hall–Kier alpha value is 0.464. The first-order chi connectivity index (χ1) is 8.54. The van der Waals surface area contributed by atoms with Gasteiger partial charge in [0.15, 0.2) is 0 Å². The fraction of sp³-hybridized carbons (Fsp3) is 1.00. The van der Waals surface area contributed by atoms with Crippen molar-refractivity contribution in [3.63, 3.8) is 0 Å². The number of rotatable bonds is 10. The maximum Gasteiger partial charge on any atom is 0.452 e. The smallest absolute Gasteiger partial charge is 0.385 e. The third-order valence-corrected chi connectivity index (χ3v) is 11.2. The molecule has 0 rings (SSSR count). The molecule has 0 aromatic heterocycles. The zero-order valence-electron chi connectivity index (χ0n) is 12.8. The van der Waals surface area contributed by atoms with Crippen molar-refractivity contribution in [2.24, 2.45) is 0 Å². The molecule has 0 spiro atoms. The molecule has 116 valence electrons. The highest BCUT2D eigenvalue weighted by Crippen LogP contribution is 2.49. The molecule has 6 nitrogen and oxygen atoms in total. The summed E-state index contributed by atoms with van der Waals surface area (Å²) >= 11 is 0. The quantitative estimate of drug-likeness (QED) is 0.490. The third-order valence-electron chi connectivity index (χ3n) is 2.54. The summed E-state index contributed by atoms with van der Waals surface area (Å²) in [6.07, 6.45) is 0. The van der Waals surface area contributed by atoms with Crippen molar-refractivity contribution in [2.75, 3.05) is 27.4 Å². The first-order valence-electron chi connectivity index (χ1n) is 6.26. The molecular formula is C10H27O6PSi2. The van der Waals surface area contributed by atoms with E-state index in [1.165, 1.54) is 0 Å². The highest BCUT2D eigenvalue weighted by molar-refractivity contribution is 7.51. The maximum atomic E-state index is 12.1. The SMILES string of the molecule is COCC[Si](C)(C)OP(=O)(O)O[Si](C)(C)CCOC. The van der Waals surface area contributed by atoms with E-state index >= 15 is 0 Å². The highest BCUT2D eigenvalue weighted by atomic mass is 31.2. The van der Waals surface area contributed by atoms with Gasteiger partial charge in [0.05, 0.1) is 0 Å². The standard InChI is InChI=1S/C10H27O6PSi2/c1-13-7-9-18(3,4)15-17(11,12)16-19(5,6)10-8-14-2/h7-10H2,1-6H3,(H,11,12). The summed E-state index contributed by atoms with van der Waals surface area (Å²) in [7, 11) is -5.33. The van der Waals surface area contributed by atoms with E-state index in [2.05, 4.69) is 0 Å². The molecule has 0 heterocycles. The van der Waals surface area contributed by atoms with Gasteiger partial charge in [-0.2, -0.15) is 0 Å². The van der Waals surface area contributed by atoms with E-state index < -0.39 is 24.5 Å². The fourth-order valence-corrected chi connectivity index (χ4v) is 9.03. The van der Waals surface area contributed by atoms with Gasteiger partial charge in [0, 0.05) is 27.4 Å². The maximum absolute atomic E-state index is 12.1. The molecule has 19 heavy (non-hydrogen) atoms. The van der Waals surface area contributed by atoms with Gasteiger partial charge in [-0.1, -0.05) is 0 Å². The third kappa shape index (κ3) is 9.92. The molecule has 0 amide bonds. The lowest BCUT2D eigenvalue weighted by molar-refractivity contribution is 0.207. The molecule has 0 aliphatic carbocycles. The molecular weight excluding hydrogens is 303 g/mol. The Balaban J connectivity index is 4.49. The minimum atomic E-state index is -4.00. The summed E-state index contributed by atoms with van der Waals surface area (Å²) in [5.41, 5.74) is 0. The number of phosphoric acid groups is 1. The van der Waals surface area contributed by atoms with Crippen LogP contribution in [0.15, 0.2) is 0 Å². The topological polar surface area (TPSA) is 74.2 Å². The molecule has 0 aliphatic heterocycles. The lowest BCUT2D eigenvalue weighted by Gasteiger charge is -2.30. The van der Waals surface area contributed by atoms with Crippen molar-refractivity contribution in [2.45, 2.75) is 38.3 Å². The average Bonchev–Trinajstić information content (AvgIpc) is 2.20. The van der Waals surface area contributed by atoms with Crippen LogP contribution in [0.5, 0.6) is 0 Å². The van der Waals surface area contributed by atoms with Gasteiger partial charge in [-0.25, -0.2) is 4.57 Å². The van der Waals surface area contributed by atoms with E-state index in [0.717, 1.165) is 0 Å². The Morgan fingerprint density at radius 3 is 1.47 bits per heavy atom. The Labute approximate surface area is 118 Å². The van der Waals surface area contributed by atoms with Gasteiger partial charge in [0.1, 0.15) is 0 Å². The summed E-state index contributed by atoms with van der Waals surface area (Å²) in [5.74, 6) is 0. The van der Waals surface area contributed by atoms with E-state index in [1.54, 1.807) is 14.2 Å². The van der Waals surface area contributed by atoms with Crippen molar-refractivity contribution in [1.29, 1.82) is 0 Å². The first-order valence-corrected chi connectivity index (χ1v) is 14.0. The molecule has 0 fully saturated rings. The summed E-state index contributed by atoms with van der Waals surface area (Å²) in [6.45, 7) is 8.54. The molecule has 0 aromatic carbocycles. The van der Waals surface area contributed by atoms with Crippen LogP contribution in [-0.2, 0) is 22.5 Å². The Kier molecular flexibility index (Phi) is 8.24. The largest absolute Gasteiger partial charge is 0.452 e. The van der Waals surface area contributed by atoms with Crippen LogP contribution in [0.4, 0.5) is 0 Å². The minimum absolute atomic E-state index is 0.518. The van der Waals surface area contributed by atoms with Crippen molar-refractivity contribution in [3.8, 4) is 0 Å². The van der Waals surface area contributed by atoms with Gasteiger partial charge in [0.2, 0.25) is 16.6 Å². The van der Waals surface area contributed by atoms with Crippen LogP contribution in [0.2, 0.25) is 38.3 Å². The van der Waals surface area contributed by atoms with Gasteiger partial charge in [-0.3, -0.25) is 0 Å². The predicted octanol–water partition coefficient (Wildman–Crippen LogP) is 2.82. The molecule has 1 N–H and O–H groups in total. The number of ether oxygens (including phenoxy) is 2. The molecule has 0 radical (unpaired) electrons. The summed E-state index contributed by atoms with van der Waals surface area (Å²) in [4.78, 5) is 9.88. The lowest BCUT2D eigenvalue weighted by atomic mass is 10.9. The first kappa shape index (κ1) is 19.5. The zero-order chi connectivity index (χ0) is 15.2. The van der Waals surface area contributed by atoms with Gasteiger partial charge >= 0.3 is 7.82 Å². The van der Waals surface area contributed by atoms with Crippen LogP contribution >= 0.6 is 7.82 Å². The number of methoxy groups -OCH3 is 2. The second kappa shape index (κ2) is 8.04.